The minimum Gasteiger partial charge on any atom is -0.378 e. The Labute approximate surface area is 126 Å². The number of nitrogens with one attached hydrogen (secondary N) is 1. The van der Waals surface area contributed by atoms with Crippen LogP contribution in [0.25, 0.3) is 10.9 Å². The number of anilines is 1. The molecule has 5 heteroatoms. The lowest BCUT2D eigenvalue weighted by molar-refractivity contribution is 1.14. The highest BCUT2D eigenvalue weighted by Gasteiger charge is 2.06. The van der Waals surface area contributed by atoms with E-state index < -0.39 is 0 Å². The fourth-order valence-corrected chi connectivity index (χ4v) is 2.42. The predicted octanol–water partition coefficient (Wildman–Crippen LogP) is 4.55. The maximum atomic E-state index is 6.18. The van der Waals surface area contributed by atoms with Crippen LogP contribution in [0.3, 0.4) is 0 Å². The van der Waals surface area contributed by atoms with Gasteiger partial charge in [-0.05, 0) is 29.8 Å². The van der Waals surface area contributed by atoms with Gasteiger partial charge in [0.05, 0.1) is 22.4 Å². The summed E-state index contributed by atoms with van der Waals surface area (Å²) in [7, 11) is 0. The fraction of sp³-hybridized carbons (Fsp3) is 0.0667. The molecule has 0 saturated heterocycles. The van der Waals surface area contributed by atoms with Gasteiger partial charge in [0.1, 0.15) is 0 Å². The van der Waals surface area contributed by atoms with Crippen molar-refractivity contribution in [1.82, 2.24) is 9.97 Å². The Morgan fingerprint density at radius 1 is 1.00 bits per heavy atom. The largest absolute Gasteiger partial charge is 0.378 e. The van der Waals surface area contributed by atoms with Crippen molar-refractivity contribution >= 4 is 39.8 Å². The van der Waals surface area contributed by atoms with Crippen LogP contribution in [0.2, 0.25) is 10.0 Å². The first-order valence-electron chi connectivity index (χ1n) is 6.11. The smallest absolute Gasteiger partial charge is 0.0766 e. The zero-order valence-electron chi connectivity index (χ0n) is 10.5. The second-order valence-electron chi connectivity index (χ2n) is 4.32. The average molecular weight is 304 g/mol. The van der Waals surface area contributed by atoms with Gasteiger partial charge < -0.3 is 5.32 Å². The number of hydrogen-bond acceptors (Lipinski definition) is 3. The third-order valence-electron chi connectivity index (χ3n) is 3.04. The van der Waals surface area contributed by atoms with E-state index in [1.807, 2.05) is 24.3 Å². The van der Waals surface area contributed by atoms with Crippen molar-refractivity contribution < 1.29 is 0 Å². The molecular formula is C15H11Cl2N3. The first-order chi connectivity index (χ1) is 9.75. The van der Waals surface area contributed by atoms with E-state index in [1.165, 1.54) is 0 Å². The van der Waals surface area contributed by atoms with Crippen LogP contribution in [0.4, 0.5) is 5.69 Å². The van der Waals surface area contributed by atoms with Gasteiger partial charge in [-0.25, -0.2) is 0 Å². The van der Waals surface area contributed by atoms with Gasteiger partial charge in [0.25, 0.3) is 0 Å². The second kappa shape index (κ2) is 5.65. The summed E-state index contributed by atoms with van der Waals surface area (Å²) in [5, 5.41) is 5.56. The summed E-state index contributed by atoms with van der Waals surface area (Å²) in [5.41, 5.74) is 2.76. The van der Waals surface area contributed by atoms with E-state index in [-0.39, 0.29) is 0 Å². The molecule has 1 N–H and O–H groups in total. The Morgan fingerprint density at radius 2 is 1.90 bits per heavy atom. The monoisotopic (exact) mass is 303 g/mol. The molecule has 0 radical (unpaired) electrons. The van der Waals surface area contributed by atoms with Crippen LogP contribution in [0.5, 0.6) is 0 Å². The first kappa shape index (κ1) is 13.2. The lowest BCUT2D eigenvalue weighted by atomic mass is 10.1. The highest BCUT2D eigenvalue weighted by molar-refractivity contribution is 6.35. The molecule has 0 bridgehead atoms. The van der Waals surface area contributed by atoms with Gasteiger partial charge in [0, 0.05) is 29.3 Å². The second-order valence-corrected chi connectivity index (χ2v) is 5.13. The number of nitrogens with zero attached hydrogens (tertiary/aromatic N) is 2. The van der Waals surface area contributed by atoms with Crippen LogP contribution in [0.1, 0.15) is 5.56 Å². The van der Waals surface area contributed by atoms with E-state index in [1.54, 1.807) is 24.7 Å². The molecule has 0 unspecified atom stereocenters. The number of rotatable bonds is 3. The Morgan fingerprint density at radius 3 is 2.75 bits per heavy atom. The van der Waals surface area contributed by atoms with E-state index in [0.717, 1.165) is 22.2 Å². The quantitative estimate of drug-likeness (QED) is 0.771. The van der Waals surface area contributed by atoms with Gasteiger partial charge >= 0.3 is 0 Å². The lowest BCUT2D eigenvalue weighted by Gasteiger charge is -2.10. The number of halogens is 2. The molecule has 3 nitrogen and oxygen atoms in total. The maximum Gasteiger partial charge on any atom is 0.0766 e. The van der Waals surface area contributed by atoms with Gasteiger partial charge in [-0.15, -0.1) is 0 Å². The summed E-state index contributed by atoms with van der Waals surface area (Å²) in [6, 6.07) is 9.44. The SMILES string of the molecule is Clc1ccncc1NCc1ccc(Cl)c2cccnc12. The van der Waals surface area contributed by atoms with Gasteiger partial charge in [0.15, 0.2) is 0 Å². The van der Waals surface area contributed by atoms with Crippen molar-refractivity contribution in [2.75, 3.05) is 5.32 Å². The number of benzene rings is 1. The van der Waals surface area contributed by atoms with Gasteiger partial charge in [-0.3, -0.25) is 9.97 Å². The molecule has 0 saturated carbocycles. The minimum absolute atomic E-state index is 0.607. The zero-order valence-corrected chi connectivity index (χ0v) is 12.0. The van der Waals surface area contributed by atoms with Crippen LogP contribution in [-0.2, 0) is 6.54 Å². The molecule has 2 aromatic heterocycles. The van der Waals surface area contributed by atoms with Crippen molar-refractivity contribution in [2.24, 2.45) is 0 Å². The van der Waals surface area contributed by atoms with Crippen molar-refractivity contribution in [3.8, 4) is 0 Å². The molecule has 0 aliphatic carbocycles. The van der Waals surface area contributed by atoms with Crippen molar-refractivity contribution in [1.29, 1.82) is 0 Å². The van der Waals surface area contributed by atoms with Gasteiger partial charge in [0.2, 0.25) is 0 Å². The number of aromatic nitrogens is 2. The van der Waals surface area contributed by atoms with Crippen molar-refractivity contribution in [2.45, 2.75) is 6.54 Å². The third kappa shape index (κ3) is 2.55. The molecule has 0 fully saturated rings. The lowest BCUT2D eigenvalue weighted by Crippen LogP contribution is -2.01. The summed E-state index contributed by atoms with van der Waals surface area (Å²) in [4.78, 5) is 8.45. The van der Waals surface area contributed by atoms with Crippen LogP contribution in [-0.4, -0.2) is 9.97 Å². The van der Waals surface area contributed by atoms with Gasteiger partial charge in [-0.2, -0.15) is 0 Å². The number of hydrogen-bond donors (Lipinski definition) is 1. The average Bonchev–Trinajstić information content (AvgIpc) is 2.48. The summed E-state index contributed by atoms with van der Waals surface area (Å²) < 4.78 is 0. The minimum atomic E-state index is 0.607. The molecule has 0 aliphatic rings. The predicted molar refractivity (Wildman–Crippen MR) is 83.3 cm³/mol. The maximum absolute atomic E-state index is 6.18. The van der Waals surface area contributed by atoms with Crippen LogP contribution < -0.4 is 5.32 Å². The normalized spacial score (nSPS) is 10.7. The van der Waals surface area contributed by atoms with Gasteiger partial charge in [-0.1, -0.05) is 29.3 Å². The Bertz CT molecular complexity index is 759. The van der Waals surface area contributed by atoms with Crippen LogP contribution in [0.15, 0.2) is 48.9 Å². The molecule has 2 heterocycles. The molecular weight excluding hydrogens is 293 g/mol. The molecule has 0 amide bonds. The standard InChI is InChI=1S/C15H11Cl2N3/c16-12-4-3-10(15-11(12)2-1-6-19-15)8-20-14-9-18-7-5-13(14)17/h1-7,9,20H,8H2. The molecule has 3 aromatic rings. The summed E-state index contributed by atoms with van der Waals surface area (Å²) in [5.74, 6) is 0. The fourth-order valence-electron chi connectivity index (χ4n) is 2.04. The number of pyridine rings is 2. The van der Waals surface area contributed by atoms with E-state index in [4.69, 9.17) is 23.2 Å². The number of fused-ring (bicyclic) bond motifs is 1. The van der Waals surface area contributed by atoms with Crippen LogP contribution >= 0.6 is 23.2 Å². The van der Waals surface area contributed by atoms with E-state index in [2.05, 4.69) is 15.3 Å². The summed E-state index contributed by atoms with van der Waals surface area (Å²) in [6.45, 7) is 0.607. The Balaban J connectivity index is 1.92. The molecule has 0 spiro atoms. The summed E-state index contributed by atoms with van der Waals surface area (Å²) in [6.07, 6.45) is 5.12. The van der Waals surface area contributed by atoms with Crippen LogP contribution in [0, 0.1) is 0 Å². The molecule has 0 aliphatic heterocycles. The summed E-state index contributed by atoms with van der Waals surface area (Å²) >= 11 is 12.3. The first-order valence-corrected chi connectivity index (χ1v) is 6.87. The van der Waals surface area contributed by atoms with Crippen molar-refractivity contribution in [3.63, 3.8) is 0 Å². The highest BCUT2D eigenvalue weighted by atomic mass is 35.5. The zero-order chi connectivity index (χ0) is 13.9. The van der Waals surface area contributed by atoms with Crippen molar-refractivity contribution in [3.05, 3.63) is 64.5 Å². The molecule has 20 heavy (non-hydrogen) atoms. The Kier molecular flexibility index (Phi) is 3.72. The molecule has 0 atom stereocenters. The molecule has 1 aromatic carbocycles. The highest BCUT2D eigenvalue weighted by Crippen LogP contribution is 2.26. The Hall–Kier alpha value is -1.84. The molecule has 100 valence electrons. The third-order valence-corrected chi connectivity index (χ3v) is 3.70. The topological polar surface area (TPSA) is 37.8 Å². The molecule has 3 rings (SSSR count). The van der Waals surface area contributed by atoms with E-state index in [9.17, 15) is 0 Å². The van der Waals surface area contributed by atoms with E-state index in [0.29, 0.717) is 16.6 Å². The van der Waals surface area contributed by atoms with E-state index >= 15 is 0 Å².